The van der Waals surface area contributed by atoms with Crippen molar-refractivity contribution in [2.75, 3.05) is 15.4 Å². The molecule has 0 radical (unpaired) electrons. The van der Waals surface area contributed by atoms with Gasteiger partial charge in [-0.2, -0.15) is 0 Å². The van der Waals surface area contributed by atoms with Crippen molar-refractivity contribution in [3.8, 4) is 0 Å². The Morgan fingerprint density at radius 2 is 1.41 bits per heavy atom. The van der Waals surface area contributed by atoms with Crippen molar-refractivity contribution < 1.29 is 18.1 Å². The monoisotopic (exact) mass is 412 g/mol. The lowest BCUT2D eigenvalue weighted by molar-refractivity contribution is -0.384. The zero-order valence-electron chi connectivity index (χ0n) is 14.9. The Kier molecular flexibility index (Phi) is 5.74. The molecule has 3 rings (SSSR count). The molecule has 3 aromatic carbocycles. The van der Waals surface area contributed by atoms with E-state index in [1.54, 1.807) is 18.2 Å². The van der Waals surface area contributed by atoms with Crippen LogP contribution in [0.5, 0.6) is 0 Å². The number of nitrogens with zero attached hydrogens (tertiary/aromatic N) is 1. The third-order valence-corrected chi connectivity index (χ3v) is 5.16. The van der Waals surface area contributed by atoms with Gasteiger partial charge in [0, 0.05) is 29.2 Å². The molecule has 0 heterocycles. The van der Waals surface area contributed by atoms with Gasteiger partial charge in [0.25, 0.3) is 15.7 Å². The number of sulfonamides is 1. The lowest BCUT2D eigenvalue weighted by Crippen LogP contribution is -2.19. The predicted octanol–water partition coefficient (Wildman–Crippen LogP) is 4.04. The highest BCUT2D eigenvalue weighted by atomic mass is 32.2. The Morgan fingerprint density at radius 1 is 0.793 bits per heavy atom. The van der Waals surface area contributed by atoms with E-state index in [0.717, 1.165) is 0 Å². The van der Waals surface area contributed by atoms with Gasteiger partial charge in [0.1, 0.15) is 0 Å². The Morgan fingerprint density at radius 3 is 2.07 bits per heavy atom. The molecule has 0 aromatic heterocycles. The SMILES string of the molecule is O=C(Nc1ccc(NS(=O)(=O)c2ccccc2)cc1)Nc1cccc([N+](=O)[O-])c1. The van der Waals surface area contributed by atoms with Crippen LogP contribution < -0.4 is 15.4 Å². The van der Waals surface area contributed by atoms with Crippen LogP contribution in [0.1, 0.15) is 0 Å². The summed E-state index contributed by atoms with van der Waals surface area (Å²) in [6, 6.07) is 18.9. The molecule has 10 heteroatoms. The van der Waals surface area contributed by atoms with E-state index in [4.69, 9.17) is 0 Å². The minimum Gasteiger partial charge on any atom is -0.308 e. The topological polar surface area (TPSA) is 130 Å². The number of hydrogen-bond acceptors (Lipinski definition) is 5. The van der Waals surface area contributed by atoms with Crippen molar-refractivity contribution in [3.05, 3.63) is 89.0 Å². The van der Waals surface area contributed by atoms with E-state index >= 15 is 0 Å². The number of benzene rings is 3. The predicted molar refractivity (Wildman–Crippen MR) is 109 cm³/mol. The third-order valence-electron chi connectivity index (χ3n) is 3.76. The molecule has 0 saturated heterocycles. The van der Waals surface area contributed by atoms with Gasteiger partial charge in [0.05, 0.1) is 9.82 Å². The van der Waals surface area contributed by atoms with Gasteiger partial charge in [-0.15, -0.1) is 0 Å². The Bertz CT molecular complexity index is 1130. The third kappa shape index (κ3) is 5.30. The van der Waals surface area contributed by atoms with Gasteiger partial charge in [-0.05, 0) is 42.5 Å². The van der Waals surface area contributed by atoms with Crippen LogP contribution in [0.4, 0.5) is 27.5 Å². The molecule has 0 atom stereocenters. The summed E-state index contributed by atoms with van der Waals surface area (Å²) < 4.78 is 27.1. The van der Waals surface area contributed by atoms with Crippen molar-refractivity contribution in [2.45, 2.75) is 4.90 Å². The molecule has 0 aliphatic carbocycles. The molecule has 0 aliphatic rings. The summed E-state index contributed by atoms with van der Waals surface area (Å²) in [5.74, 6) is 0. The van der Waals surface area contributed by atoms with E-state index in [-0.39, 0.29) is 16.3 Å². The van der Waals surface area contributed by atoms with Gasteiger partial charge in [0.2, 0.25) is 0 Å². The first-order valence-corrected chi connectivity index (χ1v) is 9.82. The molecule has 0 unspecified atom stereocenters. The van der Waals surface area contributed by atoms with Crippen molar-refractivity contribution in [2.24, 2.45) is 0 Å². The summed E-state index contributed by atoms with van der Waals surface area (Å²) in [5, 5.41) is 15.8. The van der Waals surface area contributed by atoms with Crippen LogP contribution in [0, 0.1) is 10.1 Å². The summed E-state index contributed by atoms with van der Waals surface area (Å²) in [4.78, 5) is 22.4. The number of non-ortho nitro benzene ring substituents is 1. The van der Waals surface area contributed by atoms with Crippen LogP contribution >= 0.6 is 0 Å². The molecule has 148 valence electrons. The molecule has 0 aliphatic heterocycles. The molecule has 0 spiro atoms. The molecule has 29 heavy (non-hydrogen) atoms. The second-order valence-corrected chi connectivity index (χ2v) is 7.56. The zero-order valence-corrected chi connectivity index (χ0v) is 15.7. The highest BCUT2D eigenvalue weighted by Gasteiger charge is 2.13. The maximum atomic E-state index is 12.3. The van der Waals surface area contributed by atoms with Crippen LogP contribution in [0.2, 0.25) is 0 Å². The maximum Gasteiger partial charge on any atom is 0.323 e. The number of nitro benzene ring substituents is 1. The van der Waals surface area contributed by atoms with Gasteiger partial charge in [0.15, 0.2) is 0 Å². The van der Waals surface area contributed by atoms with E-state index < -0.39 is 21.0 Å². The normalized spacial score (nSPS) is 10.8. The summed E-state index contributed by atoms with van der Waals surface area (Å²) in [6.07, 6.45) is 0. The molecule has 0 bridgehead atoms. The molecule has 2 amide bonds. The molecular formula is C19H16N4O5S. The quantitative estimate of drug-likeness (QED) is 0.415. The van der Waals surface area contributed by atoms with E-state index in [9.17, 15) is 23.3 Å². The Balaban J connectivity index is 1.62. The van der Waals surface area contributed by atoms with Gasteiger partial charge in [-0.3, -0.25) is 14.8 Å². The molecule has 9 nitrogen and oxygen atoms in total. The zero-order chi connectivity index (χ0) is 20.9. The van der Waals surface area contributed by atoms with Crippen molar-refractivity contribution in [3.63, 3.8) is 0 Å². The fraction of sp³-hybridized carbons (Fsp3) is 0. The fourth-order valence-electron chi connectivity index (χ4n) is 2.43. The number of nitrogens with one attached hydrogen (secondary N) is 3. The number of rotatable bonds is 6. The fourth-order valence-corrected chi connectivity index (χ4v) is 3.51. The van der Waals surface area contributed by atoms with Gasteiger partial charge in [-0.1, -0.05) is 24.3 Å². The molecule has 3 N–H and O–H groups in total. The second-order valence-electron chi connectivity index (χ2n) is 5.88. The maximum absolute atomic E-state index is 12.3. The first-order valence-electron chi connectivity index (χ1n) is 8.34. The van der Waals surface area contributed by atoms with Crippen LogP contribution in [0.15, 0.2) is 83.8 Å². The largest absolute Gasteiger partial charge is 0.323 e. The molecule has 3 aromatic rings. The number of carbonyl (C=O) groups is 1. The standard InChI is InChI=1S/C19H16N4O5S/c24-19(21-16-5-4-6-17(13-16)23(25)26)20-14-9-11-15(12-10-14)22-29(27,28)18-7-2-1-3-8-18/h1-13,22H,(H2,20,21,24). The summed E-state index contributed by atoms with van der Waals surface area (Å²) >= 11 is 0. The highest BCUT2D eigenvalue weighted by molar-refractivity contribution is 7.92. The number of anilines is 3. The lowest BCUT2D eigenvalue weighted by atomic mass is 10.3. The van der Waals surface area contributed by atoms with Crippen molar-refractivity contribution >= 4 is 38.8 Å². The number of nitro groups is 1. The first kappa shape index (κ1) is 19.8. The number of urea groups is 1. The van der Waals surface area contributed by atoms with E-state index in [0.29, 0.717) is 11.4 Å². The summed E-state index contributed by atoms with van der Waals surface area (Å²) in [6.45, 7) is 0. The molecule has 0 fully saturated rings. The van der Waals surface area contributed by atoms with Gasteiger partial charge in [-0.25, -0.2) is 13.2 Å². The lowest BCUT2D eigenvalue weighted by Gasteiger charge is -2.10. The van der Waals surface area contributed by atoms with Crippen molar-refractivity contribution in [1.29, 1.82) is 0 Å². The summed E-state index contributed by atoms with van der Waals surface area (Å²) in [7, 11) is -3.71. The van der Waals surface area contributed by atoms with E-state index in [2.05, 4.69) is 15.4 Å². The number of amides is 2. The number of carbonyl (C=O) groups excluding carboxylic acids is 1. The Labute approximate surface area is 166 Å². The average molecular weight is 412 g/mol. The minimum absolute atomic E-state index is 0.138. The Hall–Kier alpha value is -3.92. The van der Waals surface area contributed by atoms with Crippen molar-refractivity contribution in [1.82, 2.24) is 0 Å². The van der Waals surface area contributed by atoms with E-state index in [1.807, 2.05) is 0 Å². The molecule has 0 saturated carbocycles. The van der Waals surface area contributed by atoms with Crippen LogP contribution in [-0.2, 0) is 10.0 Å². The van der Waals surface area contributed by atoms with Gasteiger partial charge < -0.3 is 10.6 Å². The van der Waals surface area contributed by atoms with Crippen LogP contribution in [0.25, 0.3) is 0 Å². The van der Waals surface area contributed by atoms with Crippen LogP contribution in [-0.4, -0.2) is 19.4 Å². The smallest absolute Gasteiger partial charge is 0.308 e. The minimum atomic E-state index is -3.71. The molecular weight excluding hydrogens is 396 g/mol. The van der Waals surface area contributed by atoms with E-state index in [1.165, 1.54) is 60.7 Å². The number of hydrogen-bond donors (Lipinski definition) is 3. The second kappa shape index (κ2) is 8.40. The van der Waals surface area contributed by atoms with Crippen LogP contribution in [0.3, 0.4) is 0 Å². The summed E-state index contributed by atoms with van der Waals surface area (Å²) in [5.41, 5.74) is 0.871. The first-order chi connectivity index (χ1) is 13.8. The van der Waals surface area contributed by atoms with Gasteiger partial charge >= 0.3 is 6.03 Å². The average Bonchev–Trinajstić information content (AvgIpc) is 2.70. The highest BCUT2D eigenvalue weighted by Crippen LogP contribution is 2.20.